The van der Waals surface area contributed by atoms with Crippen molar-refractivity contribution >= 4 is 28.9 Å². The lowest BCUT2D eigenvalue weighted by Crippen LogP contribution is -1.89. The molecule has 82 valence electrons. The van der Waals surface area contributed by atoms with E-state index in [2.05, 4.69) is 0 Å². The summed E-state index contributed by atoms with van der Waals surface area (Å²) in [6.07, 6.45) is 0. The Bertz CT molecular complexity index is 546. The quantitative estimate of drug-likeness (QED) is 0.875. The van der Waals surface area contributed by atoms with Crippen LogP contribution in [0.4, 0.5) is 0 Å². The second kappa shape index (κ2) is 4.28. The molecule has 0 bridgehead atoms. The van der Waals surface area contributed by atoms with Crippen molar-refractivity contribution in [3.05, 3.63) is 45.8 Å². The minimum Gasteiger partial charge on any atom is -0.477 e. The molecule has 0 spiro atoms. The average molecular weight is 253 g/mol. The number of thiophene rings is 1. The number of carboxylic acid groups (broad SMARTS) is 1. The van der Waals surface area contributed by atoms with Crippen molar-refractivity contribution in [3.63, 3.8) is 0 Å². The zero-order valence-electron chi connectivity index (χ0n) is 8.53. The minimum atomic E-state index is -0.893. The van der Waals surface area contributed by atoms with E-state index >= 15 is 0 Å². The fourth-order valence-electron chi connectivity index (χ4n) is 1.47. The summed E-state index contributed by atoms with van der Waals surface area (Å²) in [4.78, 5) is 12.1. The molecule has 0 aliphatic carbocycles. The van der Waals surface area contributed by atoms with Gasteiger partial charge in [-0.1, -0.05) is 23.7 Å². The topological polar surface area (TPSA) is 37.3 Å². The molecular weight excluding hydrogens is 244 g/mol. The first kappa shape index (κ1) is 11.2. The van der Waals surface area contributed by atoms with Crippen LogP contribution < -0.4 is 0 Å². The maximum atomic E-state index is 10.8. The average Bonchev–Trinajstić information content (AvgIpc) is 2.71. The first-order chi connectivity index (χ1) is 7.59. The Kier molecular flexibility index (Phi) is 2.99. The minimum absolute atomic E-state index is 0.342. The monoisotopic (exact) mass is 252 g/mol. The summed E-state index contributed by atoms with van der Waals surface area (Å²) in [7, 11) is 0. The highest BCUT2D eigenvalue weighted by Gasteiger charge is 2.10. The van der Waals surface area contributed by atoms with E-state index < -0.39 is 5.97 Å². The largest absolute Gasteiger partial charge is 0.477 e. The van der Waals surface area contributed by atoms with Gasteiger partial charge in [0.05, 0.1) is 0 Å². The Balaban J connectivity index is 2.50. The van der Waals surface area contributed by atoms with Crippen molar-refractivity contribution in [1.29, 1.82) is 0 Å². The molecular formula is C12H9ClO2S. The molecule has 1 N–H and O–H groups in total. The summed E-state index contributed by atoms with van der Waals surface area (Å²) >= 11 is 7.28. The third kappa shape index (κ3) is 1.96. The lowest BCUT2D eigenvalue weighted by atomic mass is 10.1. The van der Waals surface area contributed by atoms with Crippen LogP contribution in [0.15, 0.2) is 30.3 Å². The van der Waals surface area contributed by atoms with Crippen molar-refractivity contribution in [2.75, 3.05) is 0 Å². The van der Waals surface area contributed by atoms with Gasteiger partial charge in [-0.15, -0.1) is 11.3 Å². The van der Waals surface area contributed by atoms with E-state index in [1.54, 1.807) is 6.07 Å². The van der Waals surface area contributed by atoms with Gasteiger partial charge in [-0.2, -0.15) is 0 Å². The van der Waals surface area contributed by atoms with E-state index in [1.807, 2.05) is 31.2 Å². The van der Waals surface area contributed by atoms with Crippen molar-refractivity contribution < 1.29 is 9.90 Å². The van der Waals surface area contributed by atoms with Crippen LogP contribution in [0.2, 0.25) is 5.02 Å². The molecule has 0 fully saturated rings. The predicted molar refractivity (Wildman–Crippen MR) is 66.5 cm³/mol. The molecule has 1 aromatic heterocycles. The van der Waals surface area contributed by atoms with E-state index in [0.717, 1.165) is 16.0 Å². The Labute approximate surface area is 102 Å². The number of halogens is 1. The predicted octanol–water partition coefficient (Wildman–Crippen LogP) is 4.08. The summed E-state index contributed by atoms with van der Waals surface area (Å²) in [6.45, 7) is 1.93. The molecule has 0 saturated carbocycles. The van der Waals surface area contributed by atoms with Crippen LogP contribution in [0, 0.1) is 6.92 Å². The Hall–Kier alpha value is -1.32. The Morgan fingerprint density at radius 1 is 1.31 bits per heavy atom. The molecule has 1 aromatic carbocycles. The summed E-state index contributed by atoms with van der Waals surface area (Å²) < 4.78 is 0. The molecule has 0 aliphatic rings. The molecule has 2 aromatic rings. The summed E-state index contributed by atoms with van der Waals surface area (Å²) in [5.41, 5.74) is 1.97. The van der Waals surface area contributed by atoms with E-state index in [4.69, 9.17) is 16.7 Å². The maximum Gasteiger partial charge on any atom is 0.345 e. The number of rotatable bonds is 2. The highest BCUT2D eigenvalue weighted by molar-refractivity contribution is 7.17. The Morgan fingerprint density at radius 2 is 2.06 bits per heavy atom. The van der Waals surface area contributed by atoms with Crippen molar-refractivity contribution in [2.24, 2.45) is 0 Å². The first-order valence-corrected chi connectivity index (χ1v) is 5.87. The van der Waals surface area contributed by atoms with Gasteiger partial charge in [0.1, 0.15) is 4.88 Å². The number of aromatic carboxylic acids is 1. The molecule has 16 heavy (non-hydrogen) atoms. The van der Waals surface area contributed by atoms with Crippen molar-refractivity contribution in [3.8, 4) is 10.4 Å². The molecule has 4 heteroatoms. The SMILES string of the molecule is Cc1c(Cl)cccc1-c1ccc(C(=O)O)s1. The second-order valence-corrected chi connectivity index (χ2v) is 4.87. The molecule has 2 rings (SSSR count). The molecule has 0 saturated heterocycles. The first-order valence-electron chi connectivity index (χ1n) is 4.68. The number of hydrogen-bond donors (Lipinski definition) is 1. The van der Waals surface area contributed by atoms with Crippen molar-refractivity contribution in [1.82, 2.24) is 0 Å². The van der Waals surface area contributed by atoms with E-state index in [9.17, 15) is 4.79 Å². The third-order valence-electron chi connectivity index (χ3n) is 2.35. The van der Waals surface area contributed by atoms with Gasteiger partial charge in [-0.25, -0.2) is 4.79 Å². The molecule has 0 amide bonds. The van der Waals surface area contributed by atoms with E-state index in [1.165, 1.54) is 11.3 Å². The summed E-state index contributed by atoms with van der Waals surface area (Å²) in [5.74, 6) is -0.893. The number of hydrogen-bond acceptors (Lipinski definition) is 2. The van der Waals surface area contributed by atoms with Gasteiger partial charge in [0.15, 0.2) is 0 Å². The number of benzene rings is 1. The molecule has 0 aliphatic heterocycles. The fourth-order valence-corrected chi connectivity index (χ4v) is 2.57. The van der Waals surface area contributed by atoms with Crippen LogP contribution >= 0.6 is 22.9 Å². The van der Waals surface area contributed by atoms with Crippen LogP contribution in [0.3, 0.4) is 0 Å². The van der Waals surface area contributed by atoms with Crippen LogP contribution in [0.1, 0.15) is 15.2 Å². The van der Waals surface area contributed by atoms with Gasteiger partial charge >= 0.3 is 5.97 Å². The summed E-state index contributed by atoms with van der Waals surface area (Å²) in [5, 5.41) is 9.55. The zero-order valence-corrected chi connectivity index (χ0v) is 10.1. The maximum absolute atomic E-state index is 10.8. The fraction of sp³-hybridized carbons (Fsp3) is 0.0833. The normalized spacial score (nSPS) is 10.4. The molecule has 2 nitrogen and oxygen atoms in total. The van der Waals surface area contributed by atoms with Gasteiger partial charge in [0.2, 0.25) is 0 Å². The molecule has 0 radical (unpaired) electrons. The lowest BCUT2D eigenvalue weighted by Gasteiger charge is -2.04. The van der Waals surface area contributed by atoms with Gasteiger partial charge < -0.3 is 5.11 Å². The van der Waals surface area contributed by atoms with Crippen LogP contribution in [0.25, 0.3) is 10.4 Å². The summed E-state index contributed by atoms with van der Waals surface area (Å²) in [6, 6.07) is 9.06. The highest BCUT2D eigenvalue weighted by atomic mass is 35.5. The Morgan fingerprint density at radius 3 is 2.69 bits per heavy atom. The van der Waals surface area contributed by atoms with Gasteiger partial charge in [0, 0.05) is 9.90 Å². The van der Waals surface area contributed by atoms with Gasteiger partial charge in [0.25, 0.3) is 0 Å². The standard InChI is InChI=1S/C12H9ClO2S/c1-7-8(3-2-4-9(7)13)10-5-6-11(16-10)12(14)15/h2-6H,1H3,(H,14,15). The number of carbonyl (C=O) groups is 1. The van der Waals surface area contributed by atoms with Crippen molar-refractivity contribution in [2.45, 2.75) is 6.92 Å². The zero-order chi connectivity index (χ0) is 11.7. The smallest absolute Gasteiger partial charge is 0.345 e. The van der Waals surface area contributed by atoms with Crippen LogP contribution in [-0.4, -0.2) is 11.1 Å². The lowest BCUT2D eigenvalue weighted by molar-refractivity contribution is 0.0702. The van der Waals surface area contributed by atoms with E-state index in [0.29, 0.717) is 9.90 Å². The van der Waals surface area contributed by atoms with Crippen LogP contribution in [-0.2, 0) is 0 Å². The molecule has 0 unspecified atom stereocenters. The van der Waals surface area contributed by atoms with Gasteiger partial charge in [-0.05, 0) is 36.2 Å². The van der Waals surface area contributed by atoms with E-state index in [-0.39, 0.29) is 0 Å². The highest BCUT2D eigenvalue weighted by Crippen LogP contribution is 2.33. The molecule has 1 heterocycles. The van der Waals surface area contributed by atoms with Gasteiger partial charge in [-0.3, -0.25) is 0 Å². The molecule has 0 atom stereocenters. The number of carboxylic acids is 1. The van der Waals surface area contributed by atoms with Crippen LogP contribution in [0.5, 0.6) is 0 Å². The second-order valence-electron chi connectivity index (χ2n) is 3.38. The third-order valence-corrected chi connectivity index (χ3v) is 3.87.